The van der Waals surface area contributed by atoms with Crippen molar-refractivity contribution in [2.24, 2.45) is 5.92 Å². The van der Waals surface area contributed by atoms with Crippen LogP contribution < -0.4 is 5.32 Å². The molecule has 0 radical (unpaired) electrons. The molecule has 0 bridgehead atoms. The van der Waals surface area contributed by atoms with Crippen LogP contribution in [0.5, 0.6) is 0 Å². The largest absolute Gasteiger partial charge is 0.478 e. The van der Waals surface area contributed by atoms with Crippen LogP contribution in [-0.2, 0) is 4.74 Å². The summed E-state index contributed by atoms with van der Waals surface area (Å²) in [4.78, 5) is 33.1. The number of non-ortho nitro benzene ring substituents is 1. The van der Waals surface area contributed by atoms with Gasteiger partial charge in [0.15, 0.2) is 0 Å². The molecule has 1 rings (SSSR count). The maximum atomic E-state index is 12.1. The molecule has 0 saturated carbocycles. The molecule has 0 aliphatic rings. The summed E-state index contributed by atoms with van der Waals surface area (Å²) in [6.45, 7) is 4.07. The molecule has 120 valence electrons. The van der Waals surface area contributed by atoms with E-state index in [2.05, 4.69) is 5.32 Å². The van der Waals surface area contributed by atoms with Crippen molar-refractivity contribution < 1.29 is 24.4 Å². The van der Waals surface area contributed by atoms with Crippen molar-refractivity contribution in [3.8, 4) is 0 Å². The lowest BCUT2D eigenvalue weighted by atomic mass is 10.1. The number of carbonyl (C=O) groups excluding carboxylic acids is 1. The van der Waals surface area contributed by atoms with E-state index in [1.807, 2.05) is 13.8 Å². The molecular weight excluding hydrogens is 292 g/mol. The quantitative estimate of drug-likeness (QED) is 0.584. The van der Waals surface area contributed by atoms with Crippen LogP contribution in [0.25, 0.3) is 0 Å². The number of carboxylic acid groups (broad SMARTS) is 1. The molecule has 0 aliphatic carbocycles. The minimum absolute atomic E-state index is 0.0785. The zero-order valence-electron chi connectivity index (χ0n) is 12.5. The second-order valence-corrected chi connectivity index (χ2v) is 5.06. The molecule has 1 atom stereocenters. The van der Waals surface area contributed by atoms with Gasteiger partial charge < -0.3 is 15.2 Å². The predicted octanol–water partition coefficient (Wildman–Crippen LogP) is 1.69. The molecule has 0 heterocycles. The van der Waals surface area contributed by atoms with Crippen LogP contribution in [0.15, 0.2) is 18.2 Å². The van der Waals surface area contributed by atoms with Crippen LogP contribution in [0.2, 0.25) is 0 Å². The number of hydrogen-bond donors (Lipinski definition) is 2. The van der Waals surface area contributed by atoms with Crippen LogP contribution in [0.3, 0.4) is 0 Å². The average molecular weight is 310 g/mol. The number of carbonyl (C=O) groups is 2. The molecule has 0 aromatic heterocycles. The van der Waals surface area contributed by atoms with E-state index < -0.39 is 22.5 Å². The Morgan fingerprint density at radius 1 is 1.32 bits per heavy atom. The standard InChI is InChI=1S/C14H18N2O6/c1-8(2)12(22-3)7-15-13(17)9-4-10(14(18)19)6-11(5-9)16(20)21/h4-6,8,12H,7H2,1-3H3,(H,15,17)(H,18,19). The minimum atomic E-state index is -1.34. The van der Waals surface area contributed by atoms with Crippen molar-refractivity contribution in [1.29, 1.82) is 0 Å². The van der Waals surface area contributed by atoms with E-state index in [0.29, 0.717) is 0 Å². The van der Waals surface area contributed by atoms with E-state index in [0.717, 1.165) is 18.2 Å². The Balaban J connectivity index is 2.97. The molecule has 1 amide bonds. The summed E-state index contributed by atoms with van der Waals surface area (Å²) < 4.78 is 5.20. The van der Waals surface area contributed by atoms with Gasteiger partial charge in [0.25, 0.3) is 11.6 Å². The minimum Gasteiger partial charge on any atom is -0.478 e. The monoisotopic (exact) mass is 310 g/mol. The normalized spacial score (nSPS) is 12.0. The van der Waals surface area contributed by atoms with Crippen molar-refractivity contribution in [2.75, 3.05) is 13.7 Å². The zero-order valence-corrected chi connectivity index (χ0v) is 12.5. The molecule has 8 heteroatoms. The lowest BCUT2D eigenvalue weighted by Crippen LogP contribution is -2.36. The Kier molecular flexibility index (Phi) is 6.00. The molecule has 0 fully saturated rings. The van der Waals surface area contributed by atoms with Crippen LogP contribution in [0, 0.1) is 16.0 Å². The number of benzene rings is 1. The first-order valence-electron chi connectivity index (χ1n) is 6.60. The first kappa shape index (κ1) is 17.6. The van der Waals surface area contributed by atoms with E-state index in [-0.39, 0.29) is 29.7 Å². The van der Waals surface area contributed by atoms with Gasteiger partial charge >= 0.3 is 5.97 Å². The fourth-order valence-corrected chi connectivity index (χ4v) is 1.86. The van der Waals surface area contributed by atoms with Gasteiger partial charge in [-0.05, 0) is 12.0 Å². The summed E-state index contributed by atoms with van der Waals surface area (Å²) in [5, 5.41) is 22.3. The Hall–Kier alpha value is -2.48. The first-order valence-corrected chi connectivity index (χ1v) is 6.60. The smallest absolute Gasteiger partial charge is 0.335 e. The molecule has 1 unspecified atom stereocenters. The third kappa shape index (κ3) is 4.52. The first-order chi connectivity index (χ1) is 10.3. The molecule has 1 aromatic rings. The van der Waals surface area contributed by atoms with Gasteiger partial charge in [-0.1, -0.05) is 13.8 Å². The highest BCUT2D eigenvalue weighted by Gasteiger charge is 2.19. The zero-order chi connectivity index (χ0) is 16.9. The number of aromatic carboxylic acids is 1. The molecule has 22 heavy (non-hydrogen) atoms. The predicted molar refractivity (Wildman–Crippen MR) is 78.0 cm³/mol. The van der Waals surface area contributed by atoms with E-state index in [9.17, 15) is 19.7 Å². The number of amides is 1. The molecule has 0 aliphatic heterocycles. The topological polar surface area (TPSA) is 119 Å². The molecule has 2 N–H and O–H groups in total. The van der Waals surface area contributed by atoms with Crippen molar-refractivity contribution in [3.05, 3.63) is 39.4 Å². The lowest BCUT2D eigenvalue weighted by molar-refractivity contribution is -0.384. The molecule has 0 spiro atoms. The van der Waals surface area contributed by atoms with Gasteiger partial charge in [0, 0.05) is 31.4 Å². The van der Waals surface area contributed by atoms with Crippen molar-refractivity contribution >= 4 is 17.6 Å². The lowest BCUT2D eigenvalue weighted by Gasteiger charge is -2.19. The van der Waals surface area contributed by atoms with Crippen LogP contribution >= 0.6 is 0 Å². The number of nitrogens with one attached hydrogen (secondary N) is 1. The summed E-state index contributed by atoms with van der Waals surface area (Å²) in [6.07, 6.45) is -0.207. The van der Waals surface area contributed by atoms with E-state index in [1.54, 1.807) is 0 Å². The second kappa shape index (κ2) is 7.51. The maximum Gasteiger partial charge on any atom is 0.335 e. The summed E-state index contributed by atoms with van der Waals surface area (Å²) in [5.41, 5.74) is -0.839. The Bertz CT molecular complexity index is 552. The van der Waals surface area contributed by atoms with Gasteiger partial charge in [-0.3, -0.25) is 14.9 Å². The van der Waals surface area contributed by atoms with Gasteiger partial charge in [0.2, 0.25) is 0 Å². The van der Waals surface area contributed by atoms with Gasteiger partial charge in [0.05, 0.1) is 16.6 Å². The number of rotatable bonds is 7. The highest BCUT2D eigenvalue weighted by atomic mass is 16.6. The van der Waals surface area contributed by atoms with Gasteiger partial charge in [-0.2, -0.15) is 0 Å². The number of ether oxygens (including phenoxy) is 1. The summed E-state index contributed by atoms with van der Waals surface area (Å²) in [6, 6.07) is 3.05. The van der Waals surface area contributed by atoms with Crippen molar-refractivity contribution in [1.82, 2.24) is 5.32 Å². The SMILES string of the molecule is COC(CNC(=O)c1cc(C(=O)O)cc([N+](=O)[O-])c1)C(C)C. The highest BCUT2D eigenvalue weighted by Crippen LogP contribution is 2.17. The fourth-order valence-electron chi connectivity index (χ4n) is 1.86. The van der Waals surface area contributed by atoms with Crippen LogP contribution in [0.1, 0.15) is 34.6 Å². The second-order valence-electron chi connectivity index (χ2n) is 5.06. The van der Waals surface area contributed by atoms with Gasteiger partial charge in [-0.25, -0.2) is 4.79 Å². The third-order valence-corrected chi connectivity index (χ3v) is 3.15. The average Bonchev–Trinajstić information content (AvgIpc) is 2.46. The number of nitrogens with zero attached hydrogens (tertiary/aromatic N) is 1. The molecule has 0 saturated heterocycles. The summed E-state index contributed by atoms with van der Waals surface area (Å²) in [5.74, 6) is -1.76. The molecular formula is C14H18N2O6. The highest BCUT2D eigenvalue weighted by molar-refractivity contribution is 5.98. The van der Waals surface area contributed by atoms with Gasteiger partial charge in [0.1, 0.15) is 0 Å². The molecule has 8 nitrogen and oxygen atoms in total. The van der Waals surface area contributed by atoms with Crippen molar-refractivity contribution in [2.45, 2.75) is 20.0 Å². The fraction of sp³-hybridized carbons (Fsp3) is 0.429. The third-order valence-electron chi connectivity index (χ3n) is 3.15. The summed E-state index contributed by atoms with van der Waals surface area (Å²) >= 11 is 0. The molecule has 1 aromatic carbocycles. The Labute approximate surface area is 127 Å². The van der Waals surface area contributed by atoms with E-state index in [4.69, 9.17) is 9.84 Å². The number of methoxy groups -OCH3 is 1. The van der Waals surface area contributed by atoms with E-state index >= 15 is 0 Å². The maximum absolute atomic E-state index is 12.1. The summed E-state index contributed by atoms with van der Waals surface area (Å²) in [7, 11) is 1.52. The number of carboxylic acids is 1. The number of nitro groups is 1. The Morgan fingerprint density at radius 2 is 1.91 bits per heavy atom. The number of hydrogen-bond acceptors (Lipinski definition) is 5. The van der Waals surface area contributed by atoms with Gasteiger partial charge in [-0.15, -0.1) is 0 Å². The van der Waals surface area contributed by atoms with Crippen LogP contribution in [0.4, 0.5) is 5.69 Å². The Morgan fingerprint density at radius 3 is 2.36 bits per heavy atom. The van der Waals surface area contributed by atoms with Crippen molar-refractivity contribution in [3.63, 3.8) is 0 Å². The van der Waals surface area contributed by atoms with E-state index in [1.165, 1.54) is 7.11 Å². The van der Waals surface area contributed by atoms with Crippen LogP contribution in [-0.4, -0.2) is 41.7 Å². The number of nitro benzene ring substituents is 1.